The lowest BCUT2D eigenvalue weighted by Crippen LogP contribution is -2.14. The Morgan fingerprint density at radius 3 is 2.56 bits per heavy atom. The first-order valence-electron chi connectivity index (χ1n) is 4.71. The molecule has 0 saturated heterocycles. The van der Waals surface area contributed by atoms with Crippen molar-refractivity contribution in [2.45, 2.75) is 26.6 Å². The van der Waals surface area contributed by atoms with Crippen LogP contribution in [-0.2, 0) is 17.5 Å². The lowest BCUT2D eigenvalue weighted by atomic mass is 10.2. The van der Waals surface area contributed by atoms with Gasteiger partial charge in [0.25, 0.3) is 0 Å². The molecular weight excluding hydrogens is 225 g/mol. The van der Waals surface area contributed by atoms with E-state index in [-0.39, 0.29) is 13.2 Å². The molecule has 4 nitrogen and oxygen atoms in total. The lowest BCUT2D eigenvalue weighted by Gasteiger charge is -2.05. The summed E-state index contributed by atoms with van der Waals surface area (Å²) in [6.45, 7) is 3.40. The zero-order valence-electron chi connectivity index (χ0n) is 8.84. The van der Waals surface area contributed by atoms with Crippen LogP contribution in [0.3, 0.4) is 0 Å². The second kappa shape index (κ2) is 4.54. The summed E-state index contributed by atoms with van der Waals surface area (Å²) in [5, 5.41) is 3.54. The predicted molar refractivity (Wildman–Crippen MR) is 48.9 cm³/mol. The van der Waals surface area contributed by atoms with Gasteiger partial charge in [0.1, 0.15) is 5.56 Å². The smallest absolute Gasteiger partial charge is 0.420 e. The van der Waals surface area contributed by atoms with Crippen LogP contribution in [-0.4, -0.2) is 22.4 Å². The Morgan fingerprint density at radius 1 is 1.50 bits per heavy atom. The number of hydrogen-bond acceptors (Lipinski definition) is 3. The molecule has 1 aromatic heterocycles. The maximum Gasteiger partial charge on any atom is 0.420 e. The number of esters is 1. The van der Waals surface area contributed by atoms with Crippen molar-refractivity contribution in [1.29, 1.82) is 0 Å². The van der Waals surface area contributed by atoms with Crippen LogP contribution in [0.25, 0.3) is 0 Å². The minimum Gasteiger partial charge on any atom is -0.461 e. The van der Waals surface area contributed by atoms with E-state index < -0.39 is 23.4 Å². The van der Waals surface area contributed by atoms with Gasteiger partial charge < -0.3 is 4.74 Å². The Hall–Kier alpha value is -1.53. The van der Waals surface area contributed by atoms with Crippen LogP contribution in [0.2, 0.25) is 0 Å². The summed E-state index contributed by atoms with van der Waals surface area (Å²) in [6.07, 6.45) is -3.80. The molecule has 0 saturated carbocycles. The fourth-order valence-corrected chi connectivity index (χ4v) is 1.14. The minimum atomic E-state index is -4.60. The van der Waals surface area contributed by atoms with Crippen molar-refractivity contribution >= 4 is 5.97 Å². The maximum atomic E-state index is 12.5. The summed E-state index contributed by atoms with van der Waals surface area (Å²) in [7, 11) is 0. The van der Waals surface area contributed by atoms with Gasteiger partial charge in [-0.15, -0.1) is 0 Å². The highest BCUT2D eigenvalue weighted by Crippen LogP contribution is 2.31. The number of aromatic nitrogens is 2. The van der Waals surface area contributed by atoms with Crippen molar-refractivity contribution < 1.29 is 22.7 Å². The monoisotopic (exact) mass is 236 g/mol. The predicted octanol–water partition coefficient (Wildman–Crippen LogP) is 2.10. The van der Waals surface area contributed by atoms with Gasteiger partial charge in [-0.2, -0.15) is 18.3 Å². The van der Waals surface area contributed by atoms with Crippen LogP contribution in [0.4, 0.5) is 13.2 Å². The molecule has 0 aliphatic carbocycles. The maximum absolute atomic E-state index is 12.5. The number of carbonyl (C=O) groups excluding carboxylic acids is 1. The molecule has 1 aromatic rings. The molecular formula is C9H11F3N2O2. The topological polar surface area (TPSA) is 44.1 Å². The Labute approximate surface area is 90.0 Å². The van der Waals surface area contributed by atoms with Gasteiger partial charge in [0.2, 0.25) is 0 Å². The minimum absolute atomic E-state index is 0.00904. The number of ether oxygens (including phenoxy) is 1. The number of alkyl halides is 3. The van der Waals surface area contributed by atoms with Gasteiger partial charge in [-0.25, -0.2) is 4.79 Å². The summed E-state index contributed by atoms with van der Waals surface area (Å²) < 4.78 is 43.2. The summed E-state index contributed by atoms with van der Waals surface area (Å²) in [4.78, 5) is 11.2. The molecule has 0 aliphatic rings. The van der Waals surface area contributed by atoms with Gasteiger partial charge in [-0.3, -0.25) is 4.68 Å². The molecule has 0 fully saturated rings. The highest BCUT2D eigenvalue weighted by atomic mass is 19.4. The molecule has 0 bridgehead atoms. The molecule has 16 heavy (non-hydrogen) atoms. The number of carbonyl (C=O) groups is 1. The van der Waals surface area contributed by atoms with Crippen LogP contribution < -0.4 is 0 Å². The third-order valence-electron chi connectivity index (χ3n) is 1.86. The molecule has 90 valence electrons. The first-order valence-corrected chi connectivity index (χ1v) is 4.71. The molecule has 0 unspecified atom stereocenters. The molecule has 0 radical (unpaired) electrons. The standard InChI is InChI=1S/C9H11F3N2O2/c1-3-14-5-6(9(10,11)12)7(13-14)8(15)16-4-2/h5H,3-4H2,1-2H3. The van der Waals surface area contributed by atoms with Gasteiger partial charge in [-0.1, -0.05) is 0 Å². The van der Waals surface area contributed by atoms with Crippen molar-refractivity contribution in [2.24, 2.45) is 0 Å². The first kappa shape index (κ1) is 12.5. The molecule has 0 spiro atoms. The van der Waals surface area contributed by atoms with E-state index in [0.717, 1.165) is 10.9 Å². The van der Waals surface area contributed by atoms with Crippen LogP contribution in [0.1, 0.15) is 29.9 Å². The lowest BCUT2D eigenvalue weighted by molar-refractivity contribution is -0.138. The van der Waals surface area contributed by atoms with Crippen LogP contribution >= 0.6 is 0 Å². The largest absolute Gasteiger partial charge is 0.461 e. The zero-order chi connectivity index (χ0) is 12.3. The van der Waals surface area contributed by atoms with Crippen LogP contribution in [0, 0.1) is 0 Å². The van der Waals surface area contributed by atoms with Gasteiger partial charge in [0.05, 0.1) is 6.61 Å². The van der Waals surface area contributed by atoms with Gasteiger partial charge >= 0.3 is 12.1 Å². The van der Waals surface area contributed by atoms with Gasteiger partial charge in [0.15, 0.2) is 5.69 Å². The van der Waals surface area contributed by atoms with E-state index in [9.17, 15) is 18.0 Å². The molecule has 1 rings (SSSR count). The third kappa shape index (κ3) is 2.53. The van der Waals surface area contributed by atoms with Crippen molar-refractivity contribution in [3.05, 3.63) is 17.5 Å². The second-order valence-electron chi connectivity index (χ2n) is 2.97. The van der Waals surface area contributed by atoms with Crippen LogP contribution in [0.15, 0.2) is 6.20 Å². The number of nitrogens with zero attached hydrogens (tertiary/aromatic N) is 2. The first-order chi connectivity index (χ1) is 7.40. The van der Waals surface area contributed by atoms with E-state index >= 15 is 0 Å². The molecule has 1 heterocycles. The third-order valence-corrected chi connectivity index (χ3v) is 1.86. The van der Waals surface area contributed by atoms with E-state index in [1.165, 1.54) is 6.92 Å². The fraction of sp³-hybridized carbons (Fsp3) is 0.556. The highest BCUT2D eigenvalue weighted by Gasteiger charge is 2.38. The second-order valence-corrected chi connectivity index (χ2v) is 2.97. The average Bonchev–Trinajstić information content (AvgIpc) is 2.61. The van der Waals surface area contributed by atoms with Crippen molar-refractivity contribution in [2.75, 3.05) is 6.61 Å². The van der Waals surface area contributed by atoms with Crippen LogP contribution in [0.5, 0.6) is 0 Å². The molecule has 0 aromatic carbocycles. The zero-order valence-corrected chi connectivity index (χ0v) is 8.84. The van der Waals surface area contributed by atoms with Crippen molar-refractivity contribution in [3.8, 4) is 0 Å². The Morgan fingerprint density at radius 2 is 2.12 bits per heavy atom. The van der Waals surface area contributed by atoms with E-state index in [1.807, 2.05) is 0 Å². The normalized spacial score (nSPS) is 11.6. The molecule has 0 N–H and O–H groups in total. The molecule has 0 aliphatic heterocycles. The van der Waals surface area contributed by atoms with Crippen molar-refractivity contribution in [3.63, 3.8) is 0 Å². The van der Waals surface area contributed by atoms with Gasteiger partial charge in [0, 0.05) is 12.7 Å². The Balaban J connectivity index is 3.15. The summed E-state index contributed by atoms with van der Waals surface area (Å²) in [5.74, 6) is -1.05. The quantitative estimate of drug-likeness (QED) is 0.755. The van der Waals surface area contributed by atoms with E-state index in [4.69, 9.17) is 0 Å². The molecule has 7 heteroatoms. The van der Waals surface area contributed by atoms with Crippen molar-refractivity contribution in [1.82, 2.24) is 9.78 Å². The Bertz CT molecular complexity index is 385. The molecule has 0 atom stereocenters. The summed E-state index contributed by atoms with van der Waals surface area (Å²) in [5.41, 5.74) is -1.75. The van der Waals surface area contributed by atoms with E-state index in [0.29, 0.717) is 0 Å². The van der Waals surface area contributed by atoms with E-state index in [1.54, 1.807) is 6.92 Å². The number of rotatable bonds is 3. The van der Waals surface area contributed by atoms with E-state index in [2.05, 4.69) is 9.84 Å². The number of halogens is 3. The number of aryl methyl sites for hydroxylation is 1. The fourth-order valence-electron chi connectivity index (χ4n) is 1.14. The Kier molecular flexibility index (Phi) is 3.56. The summed E-state index contributed by atoms with van der Waals surface area (Å²) >= 11 is 0. The average molecular weight is 236 g/mol. The SMILES string of the molecule is CCOC(=O)c1nn(CC)cc1C(F)(F)F. The molecule has 0 amide bonds. The highest BCUT2D eigenvalue weighted by molar-refractivity contribution is 5.89. The van der Waals surface area contributed by atoms with Gasteiger partial charge in [-0.05, 0) is 13.8 Å². The summed E-state index contributed by atoms with van der Waals surface area (Å²) in [6, 6.07) is 0. The number of hydrogen-bond donors (Lipinski definition) is 0.